The fraction of sp³-hybridized carbons (Fsp3) is 0.320. The number of nitrogens with one attached hydrogen (secondary N) is 1. The third kappa shape index (κ3) is 4.03. The Hall–Kier alpha value is -4.06. The van der Waals surface area contributed by atoms with Crippen LogP contribution in [0.3, 0.4) is 0 Å². The predicted octanol–water partition coefficient (Wildman–Crippen LogP) is 3.46. The summed E-state index contributed by atoms with van der Waals surface area (Å²) in [4.78, 5) is 30.9. The van der Waals surface area contributed by atoms with Crippen LogP contribution in [0.5, 0.6) is 0 Å². The topological polar surface area (TPSA) is 104 Å². The maximum Gasteiger partial charge on any atom is 0.247 e. The standard InChI is InChI=1S/C25H23FN6O2/c1-31-14-18(13-28-31)17-4-2-3-16(9-17)10-23(33)30-22-12-20(11-21(26)29-22)32-8-7-25(15-27,24(32)34)19-5-6-19/h2-4,9,11-14,19H,5-8,10H2,1H3,(H,29,30,33)/t25-/m1/s1. The fourth-order valence-corrected chi connectivity index (χ4v) is 4.64. The molecule has 0 unspecified atom stereocenters. The highest BCUT2D eigenvalue weighted by molar-refractivity contribution is 6.02. The van der Waals surface area contributed by atoms with Crippen LogP contribution in [0.2, 0.25) is 0 Å². The van der Waals surface area contributed by atoms with E-state index in [0.717, 1.165) is 35.6 Å². The average molecular weight is 458 g/mol. The number of benzene rings is 1. The summed E-state index contributed by atoms with van der Waals surface area (Å²) in [5, 5.41) is 16.5. The maximum atomic E-state index is 14.3. The van der Waals surface area contributed by atoms with Gasteiger partial charge in [0, 0.05) is 37.5 Å². The van der Waals surface area contributed by atoms with Gasteiger partial charge < -0.3 is 10.2 Å². The Morgan fingerprint density at radius 3 is 2.82 bits per heavy atom. The maximum absolute atomic E-state index is 14.3. The summed E-state index contributed by atoms with van der Waals surface area (Å²) in [6.45, 7) is 0.334. The van der Waals surface area contributed by atoms with Gasteiger partial charge >= 0.3 is 0 Å². The zero-order chi connectivity index (χ0) is 23.9. The summed E-state index contributed by atoms with van der Waals surface area (Å²) in [7, 11) is 1.84. The molecule has 1 atom stereocenters. The van der Waals surface area contributed by atoms with Crippen molar-refractivity contribution in [3.63, 3.8) is 0 Å². The van der Waals surface area contributed by atoms with Crippen molar-refractivity contribution < 1.29 is 14.0 Å². The van der Waals surface area contributed by atoms with E-state index in [4.69, 9.17) is 0 Å². The molecule has 1 aromatic carbocycles. The summed E-state index contributed by atoms with van der Waals surface area (Å²) in [6, 6.07) is 12.4. The van der Waals surface area contributed by atoms with E-state index >= 15 is 0 Å². The van der Waals surface area contributed by atoms with Gasteiger partial charge in [0.1, 0.15) is 11.2 Å². The van der Waals surface area contributed by atoms with Gasteiger partial charge in [-0.05, 0) is 36.3 Å². The SMILES string of the molecule is Cn1cc(-c2cccc(CC(=O)Nc3cc(N4CC[C@@](C#N)(C5CC5)C4=O)cc(F)n3)c2)cn1. The van der Waals surface area contributed by atoms with Crippen molar-refractivity contribution >= 4 is 23.3 Å². The van der Waals surface area contributed by atoms with Crippen LogP contribution in [0.4, 0.5) is 15.9 Å². The number of aromatic nitrogens is 3. The number of hydrogen-bond donors (Lipinski definition) is 1. The summed E-state index contributed by atoms with van der Waals surface area (Å²) in [5.74, 6) is -1.36. The second-order valence-corrected chi connectivity index (χ2v) is 8.93. The summed E-state index contributed by atoms with van der Waals surface area (Å²) in [6.07, 6.45) is 5.86. The first-order chi connectivity index (χ1) is 16.4. The van der Waals surface area contributed by atoms with E-state index in [0.29, 0.717) is 18.7 Å². The zero-order valence-electron chi connectivity index (χ0n) is 18.7. The molecular formula is C25H23FN6O2. The Morgan fingerprint density at radius 2 is 2.12 bits per heavy atom. The van der Waals surface area contributed by atoms with Crippen molar-refractivity contribution in [2.45, 2.75) is 25.7 Å². The zero-order valence-corrected chi connectivity index (χ0v) is 18.7. The van der Waals surface area contributed by atoms with Crippen molar-refractivity contribution in [1.29, 1.82) is 5.26 Å². The Bertz CT molecular complexity index is 1320. The lowest BCUT2D eigenvalue weighted by atomic mass is 9.83. The highest BCUT2D eigenvalue weighted by atomic mass is 19.1. The van der Waals surface area contributed by atoms with E-state index in [1.54, 1.807) is 10.9 Å². The van der Waals surface area contributed by atoms with Crippen molar-refractivity contribution in [2.24, 2.45) is 18.4 Å². The quantitative estimate of drug-likeness (QED) is 0.570. The average Bonchev–Trinajstić information content (AvgIpc) is 3.48. The fourth-order valence-electron chi connectivity index (χ4n) is 4.64. The number of carbonyl (C=O) groups excluding carboxylic acids is 2. The molecule has 2 aromatic heterocycles. The van der Waals surface area contributed by atoms with Gasteiger partial charge in [-0.2, -0.15) is 14.8 Å². The molecule has 34 heavy (non-hydrogen) atoms. The number of nitrogens with zero attached hydrogens (tertiary/aromatic N) is 5. The van der Waals surface area contributed by atoms with Gasteiger partial charge in [-0.15, -0.1) is 0 Å². The molecule has 1 saturated carbocycles. The van der Waals surface area contributed by atoms with Gasteiger partial charge in [-0.1, -0.05) is 24.3 Å². The first kappa shape index (κ1) is 21.8. The Labute approximate surface area is 196 Å². The summed E-state index contributed by atoms with van der Waals surface area (Å²) < 4.78 is 16.0. The third-order valence-corrected chi connectivity index (χ3v) is 6.52. The first-order valence-electron chi connectivity index (χ1n) is 11.2. The molecule has 5 rings (SSSR count). The number of halogens is 1. The number of rotatable bonds is 6. The van der Waals surface area contributed by atoms with E-state index in [2.05, 4.69) is 21.5 Å². The summed E-state index contributed by atoms with van der Waals surface area (Å²) >= 11 is 0. The highest BCUT2D eigenvalue weighted by Crippen LogP contribution is 2.52. The van der Waals surface area contributed by atoms with E-state index in [9.17, 15) is 19.2 Å². The molecule has 1 aliphatic heterocycles. The minimum absolute atomic E-state index is 0.0251. The van der Waals surface area contributed by atoms with E-state index in [1.807, 2.05) is 37.5 Å². The molecule has 0 radical (unpaired) electrons. The second-order valence-electron chi connectivity index (χ2n) is 8.93. The molecule has 172 valence electrons. The number of pyridine rings is 1. The largest absolute Gasteiger partial charge is 0.311 e. The van der Waals surface area contributed by atoms with Crippen molar-refractivity contribution in [2.75, 3.05) is 16.8 Å². The third-order valence-electron chi connectivity index (χ3n) is 6.52. The Balaban J connectivity index is 1.31. The van der Waals surface area contributed by atoms with Gasteiger partial charge in [0.25, 0.3) is 0 Å². The van der Waals surface area contributed by atoms with Crippen molar-refractivity contribution in [1.82, 2.24) is 14.8 Å². The molecule has 0 bridgehead atoms. The van der Waals surface area contributed by atoms with Crippen LogP contribution >= 0.6 is 0 Å². The van der Waals surface area contributed by atoms with E-state index < -0.39 is 11.4 Å². The molecule has 1 aliphatic carbocycles. The highest BCUT2D eigenvalue weighted by Gasteiger charge is 2.56. The number of amides is 2. The number of anilines is 2. The smallest absolute Gasteiger partial charge is 0.247 e. The second kappa shape index (κ2) is 8.37. The van der Waals surface area contributed by atoms with Crippen molar-refractivity contribution in [3.05, 3.63) is 60.3 Å². The Morgan fingerprint density at radius 1 is 1.29 bits per heavy atom. The Kier molecular flexibility index (Phi) is 5.36. The molecule has 1 N–H and O–H groups in total. The number of nitriles is 1. The molecular weight excluding hydrogens is 435 g/mol. The lowest BCUT2D eigenvalue weighted by Crippen LogP contribution is -2.35. The lowest BCUT2D eigenvalue weighted by molar-refractivity contribution is -0.123. The molecule has 3 aromatic rings. The van der Waals surface area contributed by atoms with Gasteiger partial charge in [0.05, 0.1) is 24.4 Å². The van der Waals surface area contributed by atoms with Crippen molar-refractivity contribution in [3.8, 4) is 17.2 Å². The van der Waals surface area contributed by atoms with Gasteiger partial charge in [0.15, 0.2) is 0 Å². The van der Waals surface area contributed by atoms with E-state index in [-0.39, 0.29) is 30.0 Å². The van der Waals surface area contributed by atoms with Crippen LogP contribution in [0, 0.1) is 28.6 Å². The summed E-state index contributed by atoms with van der Waals surface area (Å²) in [5.41, 5.74) is 1.94. The van der Waals surface area contributed by atoms with Gasteiger partial charge in [-0.25, -0.2) is 4.98 Å². The molecule has 9 heteroatoms. The van der Waals surface area contributed by atoms with Crippen LogP contribution in [0.1, 0.15) is 24.8 Å². The molecule has 8 nitrogen and oxygen atoms in total. The number of hydrogen-bond acceptors (Lipinski definition) is 5. The minimum Gasteiger partial charge on any atom is -0.311 e. The molecule has 0 spiro atoms. The first-order valence-corrected chi connectivity index (χ1v) is 11.2. The number of aryl methyl sites for hydroxylation is 1. The van der Waals surface area contributed by atoms with E-state index in [1.165, 1.54) is 11.0 Å². The van der Waals surface area contributed by atoms with Crippen LogP contribution in [-0.4, -0.2) is 33.1 Å². The predicted molar refractivity (Wildman–Crippen MR) is 123 cm³/mol. The molecule has 2 fully saturated rings. The molecule has 3 heterocycles. The van der Waals surface area contributed by atoms with Gasteiger partial charge in [0.2, 0.25) is 17.8 Å². The molecule has 2 amide bonds. The van der Waals surface area contributed by atoms with Crippen LogP contribution in [0.25, 0.3) is 11.1 Å². The monoisotopic (exact) mass is 458 g/mol. The number of carbonyl (C=O) groups is 2. The van der Waals surface area contributed by atoms with Crippen LogP contribution < -0.4 is 10.2 Å². The van der Waals surface area contributed by atoms with Gasteiger partial charge in [-0.3, -0.25) is 14.3 Å². The van der Waals surface area contributed by atoms with Crippen LogP contribution in [-0.2, 0) is 23.1 Å². The lowest BCUT2D eigenvalue weighted by Gasteiger charge is -2.21. The molecule has 1 saturated heterocycles. The molecule has 2 aliphatic rings. The normalized spacial score (nSPS) is 19.8. The van der Waals surface area contributed by atoms with Crippen LogP contribution in [0.15, 0.2) is 48.8 Å². The minimum atomic E-state index is -1.03.